The van der Waals surface area contributed by atoms with Gasteiger partial charge in [-0.2, -0.15) is 5.26 Å². The van der Waals surface area contributed by atoms with Gasteiger partial charge in [0.1, 0.15) is 0 Å². The van der Waals surface area contributed by atoms with Crippen LogP contribution in [0.5, 0.6) is 0 Å². The second kappa shape index (κ2) is 4.67. The topological polar surface area (TPSA) is 27.0 Å². The molecule has 0 saturated heterocycles. The molecule has 1 aromatic rings. The lowest BCUT2D eigenvalue weighted by molar-refractivity contribution is 0.185. The van der Waals surface area contributed by atoms with Crippen molar-refractivity contribution in [1.82, 2.24) is 4.90 Å². The van der Waals surface area contributed by atoms with E-state index in [4.69, 9.17) is 0 Å². The fourth-order valence-electron chi connectivity index (χ4n) is 2.26. The van der Waals surface area contributed by atoms with E-state index in [1.54, 1.807) is 0 Å². The molecule has 0 amide bonds. The van der Waals surface area contributed by atoms with E-state index in [9.17, 15) is 5.26 Å². The number of hydrogen-bond donors (Lipinski definition) is 0. The minimum Gasteiger partial charge on any atom is -0.301 e. The zero-order chi connectivity index (χ0) is 12.3. The first-order chi connectivity index (χ1) is 7.38. The van der Waals surface area contributed by atoms with Crippen LogP contribution in [0, 0.1) is 23.7 Å². The second-order valence-electron chi connectivity index (χ2n) is 5.11. The van der Waals surface area contributed by atoms with Gasteiger partial charge in [0.2, 0.25) is 0 Å². The molecule has 0 N–H and O–H groups in total. The Balaban J connectivity index is 3.19. The Morgan fingerprint density at radius 1 is 1.31 bits per heavy atom. The van der Waals surface area contributed by atoms with Gasteiger partial charge in [0.05, 0.1) is 17.5 Å². The molecule has 1 aromatic carbocycles. The van der Waals surface area contributed by atoms with Gasteiger partial charge in [0, 0.05) is 0 Å². The number of rotatable bonds is 3. The SMILES string of the molecule is Cc1cccc(C(N(C)C)C(C)(C)C#N)c1. The first-order valence-corrected chi connectivity index (χ1v) is 5.52. The Morgan fingerprint density at radius 3 is 2.38 bits per heavy atom. The monoisotopic (exact) mass is 216 g/mol. The Morgan fingerprint density at radius 2 is 1.94 bits per heavy atom. The van der Waals surface area contributed by atoms with E-state index in [1.165, 1.54) is 11.1 Å². The highest BCUT2D eigenvalue weighted by atomic mass is 15.1. The molecule has 0 aliphatic heterocycles. The van der Waals surface area contributed by atoms with Crippen LogP contribution < -0.4 is 0 Å². The third kappa shape index (κ3) is 2.62. The van der Waals surface area contributed by atoms with Crippen LogP contribution in [0.15, 0.2) is 24.3 Å². The quantitative estimate of drug-likeness (QED) is 0.776. The van der Waals surface area contributed by atoms with E-state index in [0.717, 1.165) is 0 Å². The molecule has 0 spiro atoms. The molecular weight excluding hydrogens is 196 g/mol. The zero-order valence-corrected chi connectivity index (χ0v) is 10.8. The molecule has 16 heavy (non-hydrogen) atoms. The van der Waals surface area contributed by atoms with E-state index in [0.29, 0.717) is 0 Å². The summed E-state index contributed by atoms with van der Waals surface area (Å²) in [5.41, 5.74) is 2.05. The minimum atomic E-state index is -0.392. The summed E-state index contributed by atoms with van der Waals surface area (Å²) in [6.45, 7) is 6.05. The van der Waals surface area contributed by atoms with E-state index in [1.807, 2.05) is 27.9 Å². The number of hydrogen-bond acceptors (Lipinski definition) is 2. The first-order valence-electron chi connectivity index (χ1n) is 5.52. The third-order valence-corrected chi connectivity index (χ3v) is 2.85. The van der Waals surface area contributed by atoms with Crippen molar-refractivity contribution in [3.63, 3.8) is 0 Å². The molecule has 0 fully saturated rings. The summed E-state index contributed by atoms with van der Waals surface area (Å²) >= 11 is 0. The van der Waals surface area contributed by atoms with Crippen molar-refractivity contribution in [3.05, 3.63) is 35.4 Å². The molecular formula is C14H20N2. The van der Waals surface area contributed by atoms with E-state index >= 15 is 0 Å². The molecule has 2 heteroatoms. The maximum atomic E-state index is 9.27. The van der Waals surface area contributed by atoms with Crippen molar-refractivity contribution < 1.29 is 0 Å². The van der Waals surface area contributed by atoms with Gasteiger partial charge in [0.15, 0.2) is 0 Å². The van der Waals surface area contributed by atoms with Crippen molar-refractivity contribution in [2.75, 3.05) is 14.1 Å². The summed E-state index contributed by atoms with van der Waals surface area (Å²) in [4.78, 5) is 2.11. The highest BCUT2D eigenvalue weighted by Crippen LogP contribution is 2.36. The van der Waals surface area contributed by atoms with E-state index in [-0.39, 0.29) is 6.04 Å². The Bertz CT molecular complexity index is 399. The Labute approximate surface area is 98.5 Å². The molecule has 86 valence electrons. The van der Waals surface area contributed by atoms with Crippen LogP contribution in [-0.4, -0.2) is 19.0 Å². The van der Waals surface area contributed by atoms with E-state index < -0.39 is 5.41 Å². The average molecular weight is 216 g/mol. The highest BCUT2D eigenvalue weighted by Gasteiger charge is 2.32. The van der Waals surface area contributed by atoms with Crippen LogP contribution >= 0.6 is 0 Å². The number of benzene rings is 1. The molecule has 0 aliphatic rings. The van der Waals surface area contributed by atoms with Crippen molar-refractivity contribution in [1.29, 1.82) is 5.26 Å². The summed E-state index contributed by atoms with van der Waals surface area (Å²) in [6.07, 6.45) is 0. The molecule has 1 rings (SSSR count). The molecule has 0 aliphatic carbocycles. The number of aryl methyl sites for hydroxylation is 1. The van der Waals surface area contributed by atoms with Gasteiger partial charge in [-0.3, -0.25) is 0 Å². The van der Waals surface area contributed by atoms with Gasteiger partial charge in [0.25, 0.3) is 0 Å². The van der Waals surface area contributed by atoms with Crippen LogP contribution in [0.4, 0.5) is 0 Å². The zero-order valence-electron chi connectivity index (χ0n) is 10.8. The maximum absolute atomic E-state index is 9.27. The predicted molar refractivity (Wildman–Crippen MR) is 67.0 cm³/mol. The summed E-state index contributed by atoms with van der Waals surface area (Å²) in [6, 6.07) is 10.9. The molecule has 0 heterocycles. The lowest BCUT2D eigenvalue weighted by atomic mass is 9.81. The molecule has 1 unspecified atom stereocenters. The lowest BCUT2D eigenvalue weighted by Gasteiger charge is -2.34. The number of nitriles is 1. The molecule has 1 atom stereocenters. The molecule has 0 saturated carbocycles. The fourth-order valence-corrected chi connectivity index (χ4v) is 2.26. The van der Waals surface area contributed by atoms with Gasteiger partial charge in [-0.1, -0.05) is 29.8 Å². The van der Waals surface area contributed by atoms with Crippen LogP contribution in [0.1, 0.15) is 31.0 Å². The lowest BCUT2D eigenvalue weighted by Crippen LogP contribution is -2.32. The van der Waals surface area contributed by atoms with Crippen molar-refractivity contribution in [2.24, 2.45) is 5.41 Å². The fraction of sp³-hybridized carbons (Fsp3) is 0.500. The van der Waals surface area contributed by atoms with Crippen LogP contribution in [-0.2, 0) is 0 Å². The molecule has 0 bridgehead atoms. The van der Waals surface area contributed by atoms with Gasteiger partial charge >= 0.3 is 0 Å². The largest absolute Gasteiger partial charge is 0.301 e. The third-order valence-electron chi connectivity index (χ3n) is 2.85. The smallest absolute Gasteiger partial charge is 0.0714 e. The Kier molecular flexibility index (Phi) is 3.72. The van der Waals surface area contributed by atoms with Crippen LogP contribution in [0.3, 0.4) is 0 Å². The van der Waals surface area contributed by atoms with Gasteiger partial charge in [-0.15, -0.1) is 0 Å². The predicted octanol–water partition coefficient (Wildman–Crippen LogP) is 3.15. The van der Waals surface area contributed by atoms with Crippen molar-refractivity contribution in [3.8, 4) is 6.07 Å². The maximum Gasteiger partial charge on any atom is 0.0714 e. The van der Waals surface area contributed by atoms with Gasteiger partial charge in [-0.05, 0) is 40.4 Å². The summed E-state index contributed by atoms with van der Waals surface area (Å²) < 4.78 is 0. The Hall–Kier alpha value is -1.33. The van der Waals surface area contributed by atoms with Gasteiger partial charge < -0.3 is 4.90 Å². The summed E-state index contributed by atoms with van der Waals surface area (Å²) in [5, 5.41) is 9.27. The van der Waals surface area contributed by atoms with Gasteiger partial charge in [-0.25, -0.2) is 0 Å². The summed E-state index contributed by atoms with van der Waals surface area (Å²) in [7, 11) is 4.04. The summed E-state index contributed by atoms with van der Waals surface area (Å²) in [5.74, 6) is 0. The highest BCUT2D eigenvalue weighted by molar-refractivity contribution is 5.28. The molecule has 0 aromatic heterocycles. The number of nitrogens with zero attached hydrogens (tertiary/aromatic N) is 2. The molecule has 2 nitrogen and oxygen atoms in total. The normalized spacial score (nSPS) is 13.6. The minimum absolute atomic E-state index is 0.123. The van der Waals surface area contributed by atoms with Crippen molar-refractivity contribution in [2.45, 2.75) is 26.8 Å². The van der Waals surface area contributed by atoms with Crippen LogP contribution in [0.2, 0.25) is 0 Å². The standard InChI is InChI=1S/C14H20N2/c1-11-7-6-8-12(9-11)13(16(4)5)14(2,3)10-15/h6-9,13H,1-5H3. The van der Waals surface area contributed by atoms with E-state index in [2.05, 4.69) is 42.2 Å². The average Bonchev–Trinajstić information content (AvgIpc) is 2.17. The van der Waals surface area contributed by atoms with Crippen molar-refractivity contribution >= 4 is 0 Å². The van der Waals surface area contributed by atoms with Crippen LogP contribution in [0.25, 0.3) is 0 Å². The molecule has 0 radical (unpaired) electrons. The second-order valence-corrected chi connectivity index (χ2v) is 5.11. The first kappa shape index (κ1) is 12.7.